The van der Waals surface area contributed by atoms with Crippen LogP contribution in [-0.2, 0) is 6.61 Å². The summed E-state index contributed by atoms with van der Waals surface area (Å²) in [4.78, 5) is 0. The average molecular weight is 339 g/mol. The second-order valence-corrected chi connectivity index (χ2v) is 4.70. The predicted octanol–water partition coefficient (Wildman–Crippen LogP) is 2.95. The molecule has 2 rings (SSSR count). The van der Waals surface area contributed by atoms with E-state index in [-0.39, 0.29) is 18.4 Å². The predicted molar refractivity (Wildman–Crippen MR) is 92.9 cm³/mol. The van der Waals surface area contributed by atoms with Crippen molar-refractivity contribution in [3.05, 3.63) is 64.7 Å². The fraction of sp³-hybridized carbons (Fsp3) is 0.0667. The standard InChI is InChI=1S/C15H15ClN4O.ClH/c16-13-5-1-4-12(7-13)10-21-14-6-2-3-11(8-14)9-19-20-15(17)18;/h1-9H,10H2,(H4,17,18,20);1H/b19-9-;. The van der Waals surface area contributed by atoms with E-state index in [4.69, 9.17) is 27.8 Å². The molecule has 4 N–H and O–H groups in total. The number of nitrogens with zero attached hydrogens (tertiary/aromatic N) is 2. The van der Waals surface area contributed by atoms with Crippen molar-refractivity contribution in [3.8, 4) is 5.75 Å². The highest BCUT2D eigenvalue weighted by atomic mass is 35.5. The van der Waals surface area contributed by atoms with Gasteiger partial charge in [-0.3, -0.25) is 0 Å². The first kappa shape index (κ1) is 17.8. The fourth-order valence-corrected chi connectivity index (χ4v) is 1.85. The summed E-state index contributed by atoms with van der Waals surface area (Å²) in [5.74, 6) is 0.642. The lowest BCUT2D eigenvalue weighted by Gasteiger charge is -2.07. The Hall–Kier alpha value is -2.24. The van der Waals surface area contributed by atoms with Gasteiger partial charge in [-0.05, 0) is 35.4 Å². The zero-order valence-corrected chi connectivity index (χ0v) is 13.2. The molecule has 0 fully saturated rings. The molecule has 0 saturated heterocycles. The minimum atomic E-state index is -0.0837. The van der Waals surface area contributed by atoms with E-state index in [2.05, 4.69) is 10.2 Å². The maximum atomic E-state index is 5.93. The zero-order valence-electron chi connectivity index (χ0n) is 11.6. The van der Waals surface area contributed by atoms with Crippen molar-refractivity contribution in [1.29, 1.82) is 0 Å². The monoisotopic (exact) mass is 338 g/mol. The molecule has 5 nitrogen and oxygen atoms in total. The average Bonchev–Trinajstić information content (AvgIpc) is 2.45. The fourth-order valence-electron chi connectivity index (χ4n) is 1.64. The van der Waals surface area contributed by atoms with E-state index in [0.717, 1.165) is 16.9 Å². The summed E-state index contributed by atoms with van der Waals surface area (Å²) in [5, 5.41) is 7.98. The highest BCUT2D eigenvalue weighted by molar-refractivity contribution is 6.30. The van der Waals surface area contributed by atoms with Gasteiger partial charge in [0.2, 0.25) is 5.96 Å². The van der Waals surface area contributed by atoms with Crippen LogP contribution in [0.25, 0.3) is 0 Å². The molecule has 2 aromatic rings. The molecule has 2 aromatic carbocycles. The van der Waals surface area contributed by atoms with Gasteiger partial charge in [0.05, 0.1) is 6.21 Å². The topological polar surface area (TPSA) is 86.0 Å². The van der Waals surface area contributed by atoms with Crippen LogP contribution < -0.4 is 16.2 Å². The van der Waals surface area contributed by atoms with Crippen molar-refractivity contribution in [1.82, 2.24) is 0 Å². The Morgan fingerprint density at radius 3 is 2.64 bits per heavy atom. The lowest BCUT2D eigenvalue weighted by Crippen LogP contribution is -2.21. The molecule has 0 radical (unpaired) electrons. The third kappa shape index (κ3) is 6.03. The Balaban J connectivity index is 0.00000242. The third-order valence-electron chi connectivity index (χ3n) is 2.53. The number of nitrogens with two attached hydrogens (primary N) is 2. The SMILES string of the molecule is Cl.NC(N)=N/N=C\c1cccc(OCc2cccc(Cl)c2)c1. The molecule has 0 aromatic heterocycles. The summed E-state index contributed by atoms with van der Waals surface area (Å²) in [5.41, 5.74) is 12.2. The lowest BCUT2D eigenvalue weighted by atomic mass is 10.2. The van der Waals surface area contributed by atoms with Crippen LogP contribution in [0.15, 0.2) is 58.7 Å². The first-order chi connectivity index (χ1) is 10.1. The molecule has 0 aliphatic heterocycles. The van der Waals surface area contributed by atoms with Gasteiger partial charge >= 0.3 is 0 Å². The molecule has 0 saturated carbocycles. The molecule has 0 unspecified atom stereocenters. The molecule has 0 spiro atoms. The molecule has 0 amide bonds. The van der Waals surface area contributed by atoms with E-state index in [1.54, 1.807) is 6.21 Å². The molecule has 116 valence electrons. The van der Waals surface area contributed by atoms with E-state index in [1.165, 1.54) is 0 Å². The normalized spacial score (nSPS) is 10.0. The largest absolute Gasteiger partial charge is 0.489 e. The van der Waals surface area contributed by atoms with Gasteiger partial charge in [-0.25, -0.2) is 0 Å². The van der Waals surface area contributed by atoms with Crippen molar-refractivity contribution in [2.75, 3.05) is 0 Å². The Bertz CT molecular complexity index is 670. The molecule has 0 atom stereocenters. The number of benzene rings is 2. The lowest BCUT2D eigenvalue weighted by molar-refractivity contribution is 0.306. The first-order valence-electron chi connectivity index (χ1n) is 6.23. The van der Waals surface area contributed by atoms with Crippen molar-refractivity contribution < 1.29 is 4.74 Å². The van der Waals surface area contributed by atoms with Crippen LogP contribution in [0.5, 0.6) is 5.75 Å². The van der Waals surface area contributed by atoms with Crippen LogP contribution in [0.3, 0.4) is 0 Å². The van der Waals surface area contributed by atoms with Crippen LogP contribution in [0.1, 0.15) is 11.1 Å². The van der Waals surface area contributed by atoms with Crippen LogP contribution >= 0.6 is 24.0 Å². The summed E-state index contributed by atoms with van der Waals surface area (Å²) in [6.07, 6.45) is 1.55. The minimum Gasteiger partial charge on any atom is -0.489 e. The summed E-state index contributed by atoms with van der Waals surface area (Å²) in [7, 11) is 0. The molecule has 0 heterocycles. The van der Waals surface area contributed by atoms with Gasteiger partial charge in [-0.15, -0.1) is 17.5 Å². The molecular weight excluding hydrogens is 323 g/mol. The van der Waals surface area contributed by atoms with Crippen molar-refractivity contribution in [3.63, 3.8) is 0 Å². The molecule has 22 heavy (non-hydrogen) atoms. The van der Waals surface area contributed by atoms with Crippen LogP contribution in [0.2, 0.25) is 5.02 Å². The third-order valence-corrected chi connectivity index (χ3v) is 2.77. The highest BCUT2D eigenvalue weighted by Gasteiger charge is 1.98. The summed E-state index contributed by atoms with van der Waals surface area (Å²) >= 11 is 5.93. The number of halogens is 2. The Morgan fingerprint density at radius 2 is 1.91 bits per heavy atom. The summed E-state index contributed by atoms with van der Waals surface area (Å²) < 4.78 is 5.71. The second kappa shape index (κ2) is 8.92. The van der Waals surface area contributed by atoms with Gasteiger partial charge in [0.15, 0.2) is 0 Å². The molecule has 7 heteroatoms. The Kier molecular flexibility index (Phi) is 7.22. The minimum absolute atomic E-state index is 0. The van der Waals surface area contributed by atoms with E-state index in [1.807, 2.05) is 48.5 Å². The number of ether oxygens (including phenoxy) is 1. The van der Waals surface area contributed by atoms with Gasteiger partial charge in [0.25, 0.3) is 0 Å². The number of rotatable bonds is 5. The van der Waals surface area contributed by atoms with Crippen LogP contribution in [0.4, 0.5) is 0 Å². The van der Waals surface area contributed by atoms with E-state index in [0.29, 0.717) is 11.6 Å². The molecule has 0 bridgehead atoms. The van der Waals surface area contributed by atoms with E-state index < -0.39 is 0 Å². The van der Waals surface area contributed by atoms with Gasteiger partial charge in [-0.1, -0.05) is 35.9 Å². The van der Waals surface area contributed by atoms with Crippen LogP contribution in [-0.4, -0.2) is 12.2 Å². The number of hydrogen-bond donors (Lipinski definition) is 2. The van der Waals surface area contributed by atoms with Gasteiger partial charge < -0.3 is 16.2 Å². The maximum absolute atomic E-state index is 5.93. The summed E-state index contributed by atoms with van der Waals surface area (Å²) in [6, 6.07) is 15.0. The molecular formula is C15H16Cl2N4O. The van der Waals surface area contributed by atoms with Gasteiger partial charge in [0, 0.05) is 5.02 Å². The zero-order chi connectivity index (χ0) is 15.1. The maximum Gasteiger partial charge on any atom is 0.211 e. The van der Waals surface area contributed by atoms with Crippen molar-refractivity contribution in [2.45, 2.75) is 6.61 Å². The highest BCUT2D eigenvalue weighted by Crippen LogP contribution is 2.16. The van der Waals surface area contributed by atoms with E-state index >= 15 is 0 Å². The van der Waals surface area contributed by atoms with Crippen molar-refractivity contribution >= 4 is 36.2 Å². The Morgan fingerprint density at radius 1 is 1.14 bits per heavy atom. The second-order valence-electron chi connectivity index (χ2n) is 4.26. The van der Waals surface area contributed by atoms with E-state index in [9.17, 15) is 0 Å². The van der Waals surface area contributed by atoms with Gasteiger partial charge in [0.1, 0.15) is 12.4 Å². The first-order valence-corrected chi connectivity index (χ1v) is 6.60. The quantitative estimate of drug-likeness (QED) is 0.499. The summed E-state index contributed by atoms with van der Waals surface area (Å²) in [6.45, 7) is 0.440. The number of hydrogen-bond acceptors (Lipinski definition) is 3. The van der Waals surface area contributed by atoms with Gasteiger partial charge in [-0.2, -0.15) is 5.10 Å². The smallest absolute Gasteiger partial charge is 0.211 e. The van der Waals surface area contributed by atoms with Crippen molar-refractivity contribution in [2.24, 2.45) is 21.7 Å². The molecule has 0 aliphatic rings. The number of guanidine groups is 1. The molecule has 0 aliphatic carbocycles. The Labute approximate surface area is 140 Å². The van der Waals surface area contributed by atoms with Crippen LogP contribution in [0, 0.1) is 0 Å².